The van der Waals surface area contributed by atoms with Gasteiger partial charge in [0.25, 0.3) is 10.0 Å². The van der Waals surface area contributed by atoms with Crippen LogP contribution in [0, 0.1) is 0 Å². The summed E-state index contributed by atoms with van der Waals surface area (Å²) in [5.74, 6) is 0.299. The van der Waals surface area contributed by atoms with Gasteiger partial charge in [-0.25, -0.2) is 8.42 Å². The fourth-order valence-corrected chi connectivity index (χ4v) is 5.51. The van der Waals surface area contributed by atoms with Gasteiger partial charge in [-0.2, -0.15) is 0 Å². The lowest BCUT2D eigenvalue weighted by molar-refractivity contribution is -0.139. The molecule has 3 aromatic carbocycles. The highest BCUT2D eigenvalue weighted by atomic mass is 32.2. The standard InChI is InChI=1S/C30H37N3O6S/c1-6-39-26-17-15-25(16-18-26)33(40(36,37)28-13-8-7-9-14-28)21-29(34)32(23(4)30(35)31-22(2)3)20-24-11-10-12-27(19-24)38-5/h7-19,22-23H,6,20-21H2,1-5H3,(H,31,35). The number of nitrogens with one attached hydrogen (secondary N) is 1. The van der Waals surface area contributed by atoms with E-state index in [0.717, 1.165) is 9.87 Å². The average Bonchev–Trinajstić information content (AvgIpc) is 2.95. The Labute approximate surface area is 236 Å². The molecule has 0 saturated carbocycles. The van der Waals surface area contributed by atoms with Gasteiger partial charge in [-0.3, -0.25) is 13.9 Å². The topological polar surface area (TPSA) is 105 Å². The number of hydrogen-bond donors (Lipinski definition) is 1. The normalized spacial score (nSPS) is 11.9. The Hall–Kier alpha value is -4.05. The molecule has 2 amide bonds. The van der Waals surface area contributed by atoms with Gasteiger partial charge in [-0.15, -0.1) is 0 Å². The van der Waals surface area contributed by atoms with Crippen molar-refractivity contribution in [3.8, 4) is 11.5 Å². The molecular formula is C30H37N3O6S. The predicted octanol–water partition coefficient (Wildman–Crippen LogP) is 4.23. The number of carbonyl (C=O) groups is 2. The number of benzene rings is 3. The quantitative estimate of drug-likeness (QED) is 0.332. The molecule has 214 valence electrons. The van der Waals surface area contributed by atoms with Crippen molar-refractivity contribution in [1.82, 2.24) is 10.2 Å². The van der Waals surface area contributed by atoms with Crippen LogP contribution in [-0.4, -0.2) is 57.5 Å². The van der Waals surface area contributed by atoms with Gasteiger partial charge in [-0.1, -0.05) is 30.3 Å². The Bertz CT molecular complexity index is 1380. The second kappa shape index (κ2) is 13.8. The molecule has 1 unspecified atom stereocenters. The molecule has 40 heavy (non-hydrogen) atoms. The molecule has 0 spiro atoms. The first-order chi connectivity index (χ1) is 19.1. The molecule has 3 aromatic rings. The number of anilines is 1. The van der Waals surface area contributed by atoms with Crippen LogP contribution in [0.2, 0.25) is 0 Å². The molecular weight excluding hydrogens is 530 g/mol. The summed E-state index contributed by atoms with van der Waals surface area (Å²) in [7, 11) is -2.59. The smallest absolute Gasteiger partial charge is 0.264 e. The van der Waals surface area contributed by atoms with Gasteiger partial charge >= 0.3 is 0 Å². The fraction of sp³-hybridized carbons (Fsp3) is 0.333. The molecule has 0 heterocycles. The minimum absolute atomic E-state index is 0.0432. The molecule has 0 aliphatic heterocycles. The van der Waals surface area contributed by atoms with Crippen LogP contribution in [0.3, 0.4) is 0 Å². The number of amides is 2. The third-order valence-corrected chi connectivity index (χ3v) is 7.92. The summed E-state index contributed by atoms with van der Waals surface area (Å²) < 4.78 is 39.5. The predicted molar refractivity (Wildman–Crippen MR) is 155 cm³/mol. The van der Waals surface area contributed by atoms with Crippen LogP contribution in [0.15, 0.2) is 83.8 Å². The van der Waals surface area contributed by atoms with E-state index in [-0.39, 0.29) is 23.4 Å². The van der Waals surface area contributed by atoms with E-state index in [1.807, 2.05) is 26.8 Å². The summed E-state index contributed by atoms with van der Waals surface area (Å²) in [6.45, 7) is 7.16. The minimum atomic E-state index is -4.13. The van der Waals surface area contributed by atoms with E-state index >= 15 is 0 Å². The number of nitrogens with zero attached hydrogens (tertiary/aromatic N) is 2. The highest BCUT2D eigenvalue weighted by molar-refractivity contribution is 7.92. The molecule has 0 bridgehead atoms. The zero-order valence-electron chi connectivity index (χ0n) is 23.5. The highest BCUT2D eigenvalue weighted by Crippen LogP contribution is 2.27. The van der Waals surface area contributed by atoms with Crippen molar-refractivity contribution in [2.75, 3.05) is 24.6 Å². The molecule has 0 aliphatic rings. The summed E-state index contributed by atoms with van der Waals surface area (Å²) in [5.41, 5.74) is 1.02. The van der Waals surface area contributed by atoms with E-state index in [1.54, 1.807) is 74.7 Å². The van der Waals surface area contributed by atoms with Crippen LogP contribution in [-0.2, 0) is 26.2 Å². The van der Waals surface area contributed by atoms with Crippen molar-refractivity contribution in [3.05, 3.63) is 84.4 Å². The van der Waals surface area contributed by atoms with Crippen LogP contribution in [0.1, 0.15) is 33.3 Å². The van der Waals surface area contributed by atoms with E-state index in [9.17, 15) is 18.0 Å². The van der Waals surface area contributed by atoms with E-state index in [0.29, 0.717) is 23.8 Å². The average molecular weight is 568 g/mol. The molecule has 0 radical (unpaired) electrons. The number of carbonyl (C=O) groups excluding carboxylic acids is 2. The summed E-state index contributed by atoms with van der Waals surface area (Å²) in [4.78, 5) is 28.4. The first kappa shape index (κ1) is 30.5. The molecule has 1 N–H and O–H groups in total. The number of hydrogen-bond acceptors (Lipinski definition) is 6. The van der Waals surface area contributed by atoms with Gasteiger partial charge in [-0.05, 0) is 81.8 Å². The van der Waals surface area contributed by atoms with Crippen LogP contribution in [0.4, 0.5) is 5.69 Å². The number of rotatable bonds is 13. The lowest BCUT2D eigenvalue weighted by atomic mass is 10.1. The van der Waals surface area contributed by atoms with Crippen LogP contribution >= 0.6 is 0 Å². The van der Waals surface area contributed by atoms with Gasteiger partial charge in [0.05, 0.1) is 24.3 Å². The summed E-state index contributed by atoms with van der Waals surface area (Å²) in [6, 6.07) is 20.6. The Morgan fingerprint density at radius 1 is 0.900 bits per heavy atom. The Kier molecular flexibility index (Phi) is 10.6. The van der Waals surface area contributed by atoms with E-state index in [1.165, 1.54) is 17.0 Å². The summed E-state index contributed by atoms with van der Waals surface area (Å²) in [6.07, 6.45) is 0. The molecule has 0 saturated heterocycles. The number of methoxy groups -OCH3 is 1. The van der Waals surface area contributed by atoms with Crippen LogP contribution in [0.5, 0.6) is 11.5 Å². The monoisotopic (exact) mass is 567 g/mol. The maximum Gasteiger partial charge on any atom is 0.264 e. The fourth-order valence-electron chi connectivity index (χ4n) is 4.08. The first-order valence-corrected chi connectivity index (χ1v) is 14.5. The lowest BCUT2D eigenvalue weighted by Crippen LogP contribution is -2.52. The molecule has 0 fully saturated rings. The molecule has 0 aromatic heterocycles. The van der Waals surface area contributed by atoms with Crippen LogP contribution in [0.25, 0.3) is 0 Å². The first-order valence-electron chi connectivity index (χ1n) is 13.1. The SMILES string of the molecule is CCOc1ccc(N(CC(=O)N(Cc2cccc(OC)c2)C(C)C(=O)NC(C)C)S(=O)(=O)c2ccccc2)cc1. The Morgan fingerprint density at radius 3 is 2.17 bits per heavy atom. The largest absolute Gasteiger partial charge is 0.497 e. The zero-order chi connectivity index (χ0) is 29.3. The maximum absolute atomic E-state index is 13.9. The third kappa shape index (κ3) is 7.75. The molecule has 10 heteroatoms. The maximum atomic E-state index is 13.9. The van der Waals surface area contributed by atoms with Crippen molar-refractivity contribution in [2.45, 2.75) is 51.2 Å². The van der Waals surface area contributed by atoms with E-state index in [2.05, 4.69) is 5.32 Å². The van der Waals surface area contributed by atoms with Gasteiger partial charge < -0.3 is 19.7 Å². The second-order valence-corrected chi connectivity index (χ2v) is 11.3. The number of sulfonamides is 1. The van der Waals surface area contributed by atoms with Crippen molar-refractivity contribution in [3.63, 3.8) is 0 Å². The van der Waals surface area contributed by atoms with Crippen molar-refractivity contribution in [2.24, 2.45) is 0 Å². The van der Waals surface area contributed by atoms with Gasteiger partial charge in [0.2, 0.25) is 11.8 Å². The molecule has 0 aliphatic carbocycles. The van der Waals surface area contributed by atoms with Gasteiger partial charge in [0.15, 0.2) is 0 Å². The molecule has 3 rings (SSSR count). The second-order valence-electron chi connectivity index (χ2n) is 9.46. The van der Waals surface area contributed by atoms with E-state index < -0.39 is 28.5 Å². The zero-order valence-corrected chi connectivity index (χ0v) is 24.4. The Morgan fingerprint density at radius 2 is 1.57 bits per heavy atom. The lowest BCUT2D eigenvalue weighted by Gasteiger charge is -2.32. The third-order valence-electron chi connectivity index (χ3n) is 6.13. The van der Waals surface area contributed by atoms with Crippen molar-refractivity contribution < 1.29 is 27.5 Å². The molecule has 9 nitrogen and oxygen atoms in total. The number of ether oxygens (including phenoxy) is 2. The van der Waals surface area contributed by atoms with Crippen LogP contribution < -0.4 is 19.1 Å². The molecule has 1 atom stereocenters. The highest BCUT2D eigenvalue weighted by Gasteiger charge is 2.32. The van der Waals surface area contributed by atoms with Gasteiger partial charge in [0.1, 0.15) is 24.1 Å². The van der Waals surface area contributed by atoms with Crippen molar-refractivity contribution in [1.29, 1.82) is 0 Å². The van der Waals surface area contributed by atoms with E-state index in [4.69, 9.17) is 9.47 Å². The summed E-state index contributed by atoms with van der Waals surface area (Å²) in [5, 5.41) is 2.84. The minimum Gasteiger partial charge on any atom is -0.497 e. The Balaban J connectivity index is 2.02. The van der Waals surface area contributed by atoms with Gasteiger partial charge in [0, 0.05) is 12.6 Å². The summed E-state index contributed by atoms with van der Waals surface area (Å²) >= 11 is 0. The van der Waals surface area contributed by atoms with Crippen molar-refractivity contribution >= 4 is 27.5 Å².